The van der Waals surface area contributed by atoms with Crippen LogP contribution in [-0.4, -0.2) is 25.2 Å². The Labute approximate surface area is 125 Å². The molecule has 1 atom stereocenters. The van der Waals surface area contributed by atoms with E-state index in [4.69, 9.17) is 9.47 Å². The third-order valence-corrected chi connectivity index (χ3v) is 4.35. The number of carbonyl (C=O) groups is 1. The molecule has 1 aliphatic heterocycles. The highest BCUT2D eigenvalue weighted by molar-refractivity contribution is 5.84. The molecule has 1 N–H and O–H groups in total. The van der Waals surface area contributed by atoms with Crippen molar-refractivity contribution in [3.8, 4) is 5.75 Å². The molecule has 21 heavy (non-hydrogen) atoms. The van der Waals surface area contributed by atoms with Gasteiger partial charge in [-0.3, -0.25) is 5.32 Å². The second kappa shape index (κ2) is 5.02. The molecule has 114 valence electrons. The third kappa shape index (κ3) is 2.64. The Balaban J connectivity index is 2.04. The van der Waals surface area contributed by atoms with Crippen molar-refractivity contribution >= 4 is 5.97 Å². The molecule has 1 fully saturated rings. The van der Waals surface area contributed by atoms with Crippen molar-refractivity contribution in [2.45, 2.75) is 44.2 Å². The maximum Gasteiger partial charge on any atom is 0.331 e. The fourth-order valence-electron chi connectivity index (χ4n) is 3.20. The molecule has 0 amide bonds. The van der Waals surface area contributed by atoms with Crippen LogP contribution in [0.15, 0.2) is 24.3 Å². The largest absolute Gasteiger partial charge is 0.487 e. The van der Waals surface area contributed by atoms with Gasteiger partial charge in [-0.05, 0) is 45.2 Å². The maximum absolute atomic E-state index is 12.6. The highest BCUT2D eigenvalue weighted by Gasteiger charge is 2.51. The van der Waals surface area contributed by atoms with Crippen molar-refractivity contribution in [2.24, 2.45) is 5.92 Å². The van der Waals surface area contributed by atoms with Gasteiger partial charge >= 0.3 is 5.97 Å². The normalized spacial score (nSPS) is 26.6. The van der Waals surface area contributed by atoms with Crippen LogP contribution in [0.2, 0.25) is 0 Å². The second-order valence-corrected chi connectivity index (χ2v) is 6.76. The van der Waals surface area contributed by atoms with Gasteiger partial charge in [-0.1, -0.05) is 18.2 Å². The van der Waals surface area contributed by atoms with E-state index in [0.29, 0.717) is 12.3 Å². The molecule has 3 rings (SSSR count). The standard InChI is InChI=1S/C17H23NO3/c1-16(2)11-17(15(19)20-3,18-10-12-8-9-12)13-6-4-5-7-14(13)21-16/h4-7,12,18H,8-11H2,1-3H3. The van der Waals surface area contributed by atoms with Crippen LogP contribution < -0.4 is 10.1 Å². The van der Waals surface area contributed by atoms with Gasteiger partial charge in [0.05, 0.1) is 7.11 Å². The van der Waals surface area contributed by atoms with Gasteiger partial charge in [0.2, 0.25) is 0 Å². The fourth-order valence-corrected chi connectivity index (χ4v) is 3.20. The summed E-state index contributed by atoms with van der Waals surface area (Å²) in [6.45, 7) is 4.87. The molecule has 1 unspecified atom stereocenters. The Morgan fingerprint density at radius 1 is 1.38 bits per heavy atom. The summed E-state index contributed by atoms with van der Waals surface area (Å²) in [5.41, 5.74) is -0.341. The lowest BCUT2D eigenvalue weighted by molar-refractivity contribution is -0.153. The van der Waals surface area contributed by atoms with Gasteiger partial charge in [-0.15, -0.1) is 0 Å². The fraction of sp³-hybridized carbons (Fsp3) is 0.588. The highest BCUT2D eigenvalue weighted by Crippen LogP contribution is 2.44. The summed E-state index contributed by atoms with van der Waals surface area (Å²) in [6, 6.07) is 7.76. The van der Waals surface area contributed by atoms with Gasteiger partial charge in [0.1, 0.15) is 16.9 Å². The van der Waals surface area contributed by atoms with Gasteiger partial charge < -0.3 is 9.47 Å². The monoisotopic (exact) mass is 289 g/mol. The van der Waals surface area contributed by atoms with Crippen LogP contribution in [0.5, 0.6) is 5.75 Å². The number of fused-ring (bicyclic) bond motifs is 1. The van der Waals surface area contributed by atoms with Gasteiger partial charge in [0, 0.05) is 12.0 Å². The van der Waals surface area contributed by atoms with Crippen LogP contribution in [0.4, 0.5) is 0 Å². The summed E-state index contributed by atoms with van der Waals surface area (Å²) < 4.78 is 11.2. The van der Waals surface area contributed by atoms with E-state index in [1.807, 2.05) is 38.1 Å². The number of hydrogen-bond acceptors (Lipinski definition) is 4. The zero-order valence-corrected chi connectivity index (χ0v) is 12.9. The van der Waals surface area contributed by atoms with Crippen molar-refractivity contribution in [3.05, 3.63) is 29.8 Å². The minimum atomic E-state index is -0.810. The first-order chi connectivity index (χ1) is 9.97. The number of para-hydroxylation sites is 1. The Morgan fingerprint density at radius 2 is 2.10 bits per heavy atom. The van der Waals surface area contributed by atoms with Crippen LogP contribution in [0.1, 0.15) is 38.7 Å². The second-order valence-electron chi connectivity index (χ2n) is 6.76. The number of nitrogens with one attached hydrogen (secondary N) is 1. The third-order valence-electron chi connectivity index (χ3n) is 4.35. The molecule has 0 spiro atoms. The summed E-state index contributed by atoms with van der Waals surface area (Å²) >= 11 is 0. The molecule has 0 aromatic heterocycles. The summed E-state index contributed by atoms with van der Waals surface area (Å²) in [5, 5.41) is 3.51. The van der Waals surface area contributed by atoms with Crippen molar-refractivity contribution in [3.63, 3.8) is 0 Å². The van der Waals surface area contributed by atoms with E-state index in [-0.39, 0.29) is 5.97 Å². The summed E-state index contributed by atoms with van der Waals surface area (Å²) in [7, 11) is 1.45. The molecule has 1 aromatic carbocycles. The van der Waals surface area contributed by atoms with Crippen molar-refractivity contribution in [1.29, 1.82) is 0 Å². The molecule has 1 heterocycles. The first-order valence-electron chi connectivity index (χ1n) is 7.59. The molecule has 1 saturated carbocycles. The number of carbonyl (C=O) groups excluding carboxylic acids is 1. The molecular formula is C17H23NO3. The Bertz CT molecular complexity index is 551. The molecule has 1 aliphatic carbocycles. The average molecular weight is 289 g/mol. The molecular weight excluding hydrogens is 266 g/mol. The Hall–Kier alpha value is -1.55. The summed E-state index contributed by atoms with van der Waals surface area (Å²) in [5.74, 6) is 1.22. The van der Waals surface area contributed by atoms with Crippen molar-refractivity contribution in [1.82, 2.24) is 5.32 Å². The number of esters is 1. The number of hydrogen-bond donors (Lipinski definition) is 1. The Kier molecular flexibility index (Phi) is 3.44. The SMILES string of the molecule is COC(=O)C1(NCC2CC2)CC(C)(C)Oc2ccccc21. The minimum Gasteiger partial charge on any atom is -0.487 e. The quantitative estimate of drug-likeness (QED) is 0.866. The smallest absolute Gasteiger partial charge is 0.331 e. The zero-order valence-electron chi connectivity index (χ0n) is 12.9. The van der Waals surface area contributed by atoms with Crippen molar-refractivity contribution < 1.29 is 14.3 Å². The molecule has 2 aliphatic rings. The van der Waals surface area contributed by atoms with E-state index in [1.54, 1.807) is 0 Å². The number of benzene rings is 1. The van der Waals surface area contributed by atoms with Gasteiger partial charge in [0.25, 0.3) is 0 Å². The maximum atomic E-state index is 12.6. The van der Waals surface area contributed by atoms with E-state index in [9.17, 15) is 4.79 Å². The predicted molar refractivity (Wildman–Crippen MR) is 80.2 cm³/mol. The lowest BCUT2D eigenvalue weighted by Crippen LogP contribution is -2.57. The molecule has 4 heteroatoms. The van der Waals surface area contributed by atoms with Crippen LogP contribution in [-0.2, 0) is 15.1 Å². The first-order valence-corrected chi connectivity index (χ1v) is 7.59. The molecule has 4 nitrogen and oxygen atoms in total. The van der Waals surface area contributed by atoms with E-state index in [0.717, 1.165) is 17.9 Å². The first kappa shape index (κ1) is 14.4. The average Bonchev–Trinajstić information content (AvgIpc) is 3.27. The van der Waals surface area contributed by atoms with Gasteiger partial charge in [-0.25, -0.2) is 4.79 Å². The highest BCUT2D eigenvalue weighted by atomic mass is 16.5. The van der Waals surface area contributed by atoms with E-state index < -0.39 is 11.1 Å². The van der Waals surface area contributed by atoms with Gasteiger partial charge in [0.15, 0.2) is 0 Å². The number of rotatable bonds is 4. The van der Waals surface area contributed by atoms with E-state index in [1.165, 1.54) is 20.0 Å². The summed E-state index contributed by atoms with van der Waals surface area (Å²) in [4.78, 5) is 12.6. The minimum absolute atomic E-state index is 0.230. The molecule has 0 saturated heterocycles. The summed E-state index contributed by atoms with van der Waals surface area (Å²) in [6.07, 6.45) is 3.05. The van der Waals surface area contributed by atoms with E-state index >= 15 is 0 Å². The van der Waals surface area contributed by atoms with Gasteiger partial charge in [-0.2, -0.15) is 0 Å². The van der Waals surface area contributed by atoms with E-state index in [2.05, 4.69) is 5.32 Å². The molecule has 0 radical (unpaired) electrons. The lowest BCUT2D eigenvalue weighted by atomic mass is 9.77. The Morgan fingerprint density at radius 3 is 2.76 bits per heavy atom. The van der Waals surface area contributed by atoms with Crippen LogP contribution in [0.3, 0.4) is 0 Å². The topological polar surface area (TPSA) is 47.6 Å². The molecule has 1 aromatic rings. The number of methoxy groups -OCH3 is 1. The molecule has 0 bridgehead atoms. The zero-order chi connectivity index (χ0) is 15.1. The number of ether oxygens (including phenoxy) is 2. The van der Waals surface area contributed by atoms with Crippen LogP contribution >= 0.6 is 0 Å². The van der Waals surface area contributed by atoms with Crippen LogP contribution in [0, 0.1) is 5.92 Å². The van der Waals surface area contributed by atoms with Crippen molar-refractivity contribution in [2.75, 3.05) is 13.7 Å². The van der Waals surface area contributed by atoms with Crippen LogP contribution in [0.25, 0.3) is 0 Å². The predicted octanol–water partition coefficient (Wildman–Crippen LogP) is 2.62. The lowest BCUT2D eigenvalue weighted by Gasteiger charge is -2.44.